The van der Waals surface area contributed by atoms with Crippen molar-refractivity contribution in [3.8, 4) is 0 Å². The average molecular weight is 509 g/mol. The number of rotatable bonds is 7. The number of nitrogens with one attached hydrogen (secondary N) is 1. The first-order chi connectivity index (χ1) is 14.3. The standard InChI is InChI=1S/C21H17BrClN2O4S/c22-18-3-1-2-16(12-18)14-25(30(28,29)20-10-8-19(23)9-11-20)13-15-4-6-17(7-5-15)21(26)24-27/h1-12H,13-14H2,(H-,24,26,27)/q-1. The predicted octanol–water partition coefficient (Wildman–Crippen LogP) is 4.72. The third-order valence-corrected chi connectivity index (χ3v) is 6.92. The van der Waals surface area contributed by atoms with Gasteiger partial charge in [0, 0.05) is 28.1 Å². The van der Waals surface area contributed by atoms with Crippen molar-refractivity contribution in [1.29, 1.82) is 0 Å². The summed E-state index contributed by atoms with van der Waals surface area (Å²) in [7, 11) is -3.83. The number of hydroxylamine groups is 1. The molecule has 0 atom stereocenters. The van der Waals surface area contributed by atoms with Crippen molar-refractivity contribution in [2.45, 2.75) is 18.0 Å². The maximum absolute atomic E-state index is 13.3. The van der Waals surface area contributed by atoms with Gasteiger partial charge in [-0.3, -0.25) is 4.79 Å². The van der Waals surface area contributed by atoms with Crippen molar-refractivity contribution >= 4 is 43.5 Å². The lowest BCUT2D eigenvalue weighted by atomic mass is 10.1. The number of amides is 1. The fourth-order valence-electron chi connectivity index (χ4n) is 2.84. The second kappa shape index (κ2) is 9.72. The quantitative estimate of drug-likeness (QED) is 0.468. The zero-order valence-corrected chi connectivity index (χ0v) is 18.7. The SMILES string of the molecule is O=C(N[O-])c1ccc(CN(Cc2cccc(Br)c2)S(=O)(=O)c2ccc(Cl)cc2)cc1. The van der Waals surface area contributed by atoms with Crippen LogP contribution >= 0.6 is 27.5 Å². The van der Waals surface area contributed by atoms with Crippen LogP contribution in [0.15, 0.2) is 82.2 Å². The minimum atomic E-state index is -3.83. The van der Waals surface area contributed by atoms with Crippen molar-refractivity contribution in [2.24, 2.45) is 0 Å². The van der Waals surface area contributed by atoms with E-state index in [-0.39, 0.29) is 23.5 Å². The number of carbonyl (C=O) groups is 1. The van der Waals surface area contributed by atoms with Gasteiger partial charge < -0.3 is 10.7 Å². The fraction of sp³-hybridized carbons (Fsp3) is 0.0952. The summed E-state index contributed by atoms with van der Waals surface area (Å²) in [5, 5.41) is 11.0. The Kier molecular flexibility index (Phi) is 7.27. The van der Waals surface area contributed by atoms with Gasteiger partial charge in [0.05, 0.1) is 4.90 Å². The molecule has 0 spiro atoms. The Morgan fingerprint density at radius 3 is 2.20 bits per heavy atom. The Morgan fingerprint density at radius 2 is 1.60 bits per heavy atom. The molecule has 30 heavy (non-hydrogen) atoms. The van der Waals surface area contributed by atoms with E-state index < -0.39 is 15.9 Å². The Balaban J connectivity index is 1.94. The van der Waals surface area contributed by atoms with Crippen LogP contribution in [0.2, 0.25) is 5.02 Å². The minimum absolute atomic E-state index is 0.0801. The molecule has 0 aliphatic heterocycles. The molecule has 0 saturated heterocycles. The summed E-state index contributed by atoms with van der Waals surface area (Å²) in [6.45, 7) is 0.226. The summed E-state index contributed by atoms with van der Waals surface area (Å²) in [6.07, 6.45) is 0. The number of sulfonamides is 1. The molecule has 9 heteroatoms. The topological polar surface area (TPSA) is 89.5 Å². The van der Waals surface area contributed by atoms with E-state index >= 15 is 0 Å². The highest BCUT2D eigenvalue weighted by Crippen LogP contribution is 2.24. The highest BCUT2D eigenvalue weighted by atomic mass is 79.9. The summed E-state index contributed by atoms with van der Waals surface area (Å²) in [5.41, 5.74) is 3.00. The van der Waals surface area contributed by atoms with E-state index in [0.717, 1.165) is 10.0 Å². The van der Waals surface area contributed by atoms with Crippen molar-refractivity contribution in [1.82, 2.24) is 9.79 Å². The van der Waals surface area contributed by atoms with E-state index in [0.29, 0.717) is 10.6 Å². The zero-order valence-electron chi connectivity index (χ0n) is 15.6. The average Bonchev–Trinajstić information content (AvgIpc) is 2.73. The van der Waals surface area contributed by atoms with E-state index in [9.17, 15) is 18.4 Å². The van der Waals surface area contributed by atoms with Crippen LogP contribution in [0.4, 0.5) is 0 Å². The van der Waals surface area contributed by atoms with Crippen LogP contribution in [0.1, 0.15) is 21.5 Å². The molecule has 3 rings (SSSR count). The van der Waals surface area contributed by atoms with Crippen molar-refractivity contribution in [2.75, 3.05) is 0 Å². The number of halogens is 2. The van der Waals surface area contributed by atoms with Gasteiger partial charge in [-0.15, -0.1) is 0 Å². The third kappa shape index (κ3) is 5.47. The molecule has 0 saturated carbocycles. The molecule has 0 aliphatic rings. The molecule has 156 valence electrons. The summed E-state index contributed by atoms with van der Waals surface area (Å²) in [6, 6.07) is 19.6. The lowest BCUT2D eigenvalue weighted by Crippen LogP contribution is -2.30. The highest BCUT2D eigenvalue weighted by molar-refractivity contribution is 9.10. The number of carbonyl (C=O) groups excluding carboxylic acids is 1. The zero-order chi connectivity index (χ0) is 21.7. The summed E-state index contributed by atoms with van der Waals surface area (Å²) in [4.78, 5) is 11.6. The third-order valence-electron chi connectivity index (χ3n) is 4.37. The molecule has 1 N–H and O–H groups in total. The molecule has 3 aromatic rings. The van der Waals surface area contributed by atoms with Gasteiger partial charge in [-0.05, 0) is 59.7 Å². The smallest absolute Gasteiger partial charge is 0.243 e. The van der Waals surface area contributed by atoms with Crippen LogP contribution in [0.3, 0.4) is 0 Å². The monoisotopic (exact) mass is 507 g/mol. The maximum atomic E-state index is 13.3. The van der Waals surface area contributed by atoms with Crippen LogP contribution < -0.4 is 5.48 Å². The van der Waals surface area contributed by atoms with Crippen LogP contribution in [0.5, 0.6) is 0 Å². The predicted molar refractivity (Wildman–Crippen MR) is 119 cm³/mol. The Hall–Kier alpha value is -2.23. The molecule has 6 nitrogen and oxygen atoms in total. The molecule has 0 fully saturated rings. The lowest BCUT2D eigenvalue weighted by Gasteiger charge is -2.23. The molecule has 1 amide bonds. The molecule has 0 aromatic heterocycles. The number of hydrogen-bond donors (Lipinski definition) is 1. The molecule has 0 heterocycles. The summed E-state index contributed by atoms with van der Waals surface area (Å²) < 4.78 is 28.8. The van der Waals surface area contributed by atoms with Gasteiger partial charge >= 0.3 is 0 Å². The van der Waals surface area contributed by atoms with Crippen LogP contribution in [0.25, 0.3) is 0 Å². The van der Waals surface area contributed by atoms with Crippen LogP contribution in [0, 0.1) is 5.21 Å². The summed E-state index contributed by atoms with van der Waals surface area (Å²) in [5.74, 6) is -0.749. The second-order valence-corrected chi connectivity index (χ2v) is 9.78. The molecule has 0 radical (unpaired) electrons. The molecule has 0 bridgehead atoms. The van der Waals surface area contributed by atoms with Gasteiger partial charge in [0.1, 0.15) is 0 Å². The first kappa shape index (κ1) is 22.5. The lowest BCUT2D eigenvalue weighted by molar-refractivity contribution is 0.0970. The fourth-order valence-corrected chi connectivity index (χ4v) is 4.83. The van der Waals surface area contributed by atoms with Crippen molar-refractivity contribution < 1.29 is 13.2 Å². The molecular weight excluding hydrogens is 492 g/mol. The Labute approximate surface area is 188 Å². The largest absolute Gasteiger partial charge is 0.759 e. The maximum Gasteiger partial charge on any atom is 0.243 e. The first-order valence-corrected chi connectivity index (χ1v) is 11.4. The minimum Gasteiger partial charge on any atom is -0.759 e. The number of hydrogen-bond acceptors (Lipinski definition) is 4. The van der Waals surface area contributed by atoms with Crippen molar-refractivity contribution in [3.05, 3.63) is 104 Å². The van der Waals surface area contributed by atoms with Gasteiger partial charge in [0.2, 0.25) is 15.9 Å². The molecule has 0 unspecified atom stereocenters. The molecule has 3 aromatic carbocycles. The molecular formula is C21H17BrClN2O4S-. The van der Waals surface area contributed by atoms with E-state index in [1.54, 1.807) is 12.1 Å². The Bertz CT molecular complexity index is 1140. The summed E-state index contributed by atoms with van der Waals surface area (Å²) >= 11 is 9.31. The van der Waals surface area contributed by atoms with E-state index in [4.69, 9.17) is 11.6 Å². The van der Waals surface area contributed by atoms with Crippen molar-refractivity contribution in [3.63, 3.8) is 0 Å². The highest BCUT2D eigenvalue weighted by Gasteiger charge is 2.25. The van der Waals surface area contributed by atoms with E-state index in [2.05, 4.69) is 15.9 Å². The first-order valence-electron chi connectivity index (χ1n) is 8.81. The normalized spacial score (nSPS) is 11.5. The van der Waals surface area contributed by atoms with Gasteiger partial charge in [-0.1, -0.05) is 51.8 Å². The second-order valence-electron chi connectivity index (χ2n) is 6.49. The Morgan fingerprint density at radius 1 is 0.967 bits per heavy atom. The van der Waals surface area contributed by atoms with Gasteiger partial charge in [0.25, 0.3) is 0 Å². The molecule has 0 aliphatic carbocycles. The van der Waals surface area contributed by atoms with Gasteiger partial charge in [-0.25, -0.2) is 8.42 Å². The van der Waals surface area contributed by atoms with Crippen LogP contribution in [-0.4, -0.2) is 18.6 Å². The number of nitrogens with zero attached hydrogens (tertiary/aromatic N) is 1. The van der Waals surface area contributed by atoms with E-state index in [1.807, 2.05) is 24.3 Å². The van der Waals surface area contributed by atoms with Crippen LogP contribution in [-0.2, 0) is 23.1 Å². The van der Waals surface area contributed by atoms with Gasteiger partial charge in [0.15, 0.2) is 0 Å². The van der Waals surface area contributed by atoms with Gasteiger partial charge in [-0.2, -0.15) is 4.31 Å². The number of benzene rings is 3. The van der Waals surface area contributed by atoms with E-state index in [1.165, 1.54) is 46.2 Å².